The Morgan fingerprint density at radius 3 is 2.56 bits per heavy atom. The van der Waals surface area contributed by atoms with E-state index in [0.717, 1.165) is 38.6 Å². The zero-order valence-corrected chi connectivity index (χ0v) is 20.5. The first-order chi connectivity index (χ1) is 16.3. The van der Waals surface area contributed by atoms with E-state index in [0.29, 0.717) is 47.1 Å². The lowest BCUT2D eigenvalue weighted by molar-refractivity contribution is 0.128. The van der Waals surface area contributed by atoms with Crippen LogP contribution in [0.1, 0.15) is 45.4 Å². The lowest BCUT2D eigenvalue weighted by Crippen LogP contribution is -2.47. The van der Waals surface area contributed by atoms with Gasteiger partial charge >= 0.3 is 0 Å². The van der Waals surface area contributed by atoms with Gasteiger partial charge in [-0.1, -0.05) is 0 Å². The topological polar surface area (TPSA) is 111 Å². The van der Waals surface area contributed by atoms with Crippen LogP contribution in [0.3, 0.4) is 0 Å². The second-order valence-corrected chi connectivity index (χ2v) is 12.0. The summed E-state index contributed by atoms with van der Waals surface area (Å²) in [5.74, 6) is 1.34. The number of anilines is 2. The van der Waals surface area contributed by atoms with Gasteiger partial charge in [0.2, 0.25) is 0 Å². The van der Waals surface area contributed by atoms with E-state index in [2.05, 4.69) is 38.3 Å². The van der Waals surface area contributed by atoms with Crippen LogP contribution in [0.2, 0.25) is 0 Å². The van der Waals surface area contributed by atoms with Gasteiger partial charge in [-0.2, -0.15) is 0 Å². The van der Waals surface area contributed by atoms with Gasteiger partial charge in [0.15, 0.2) is 9.84 Å². The highest BCUT2D eigenvalue weighted by atomic mass is 32.2. The average molecular weight is 492 g/mol. The third-order valence-corrected chi connectivity index (χ3v) is 8.35. The van der Waals surface area contributed by atoms with Crippen molar-refractivity contribution in [1.82, 2.24) is 25.7 Å². The number of sulfone groups is 1. The van der Waals surface area contributed by atoms with Crippen molar-refractivity contribution in [2.45, 2.75) is 80.7 Å². The first kappa shape index (κ1) is 23.7. The van der Waals surface area contributed by atoms with Gasteiger partial charge in [-0.25, -0.2) is 18.8 Å². The standard InChI is InChI=1S/C23H34FN7O2S/c1-14-8-22(30-29-14)27-21-12-20-19(11-18(13-25-20)34(2,32)33)23(28-21)26-15-9-16-4-5-17(10-15)31(16)7-3-6-24/h11-17,22,29-30H,3-10H2,1-2H3,(H2,26,27,28)/t14?,15?,16-,17+,22?. The number of nitrogens with zero attached hydrogens (tertiary/aromatic N) is 3. The molecule has 186 valence electrons. The zero-order valence-electron chi connectivity index (χ0n) is 19.7. The molecule has 0 amide bonds. The number of piperidine rings is 1. The number of halogens is 1. The lowest BCUT2D eigenvalue weighted by atomic mass is 9.97. The number of pyridine rings is 2. The molecule has 2 aromatic rings. The average Bonchev–Trinajstić information content (AvgIpc) is 3.30. The van der Waals surface area contributed by atoms with Crippen molar-refractivity contribution < 1.29 is 12.8 Å². The second-order valence-electron chi connectivity index (χ2n) is 9.97. The van der Waals surface area contributed by atoms with Crippen molar-refractivity contribution >= 4 is 32.4 Å². The van der Waals surface area contributed by atoms with E-state index in [1.165, 1.54) is 12.5 Å². The van der Waals surface area contributed by atoms with Gasteiger partial charge in [0, 0.05) is 54.6 Å². The molecule has 5 atom stereocenters. The van der Waals surface area contributed by atoms with Crippen LogP contribution < -0.4 is 21.5 Å². The van der Waals surface area contributed by atoms with Crippen LogP contribution in [-0.2, 0) is 9.84 Å². The number of rotatable bonds is 8. The highest BCUT2D eigenvalue weighted by Crippen LogP contribution is 2.37. The van der Waals surface area contributed by atoms with Gasteiger partial charge in [0.1, 0.15) is 11.6 Å². The molecule has 2 aromatic heterocycles. The normalized spacial score (nSPS) is 29.6. The molecule has 3 saturated heterocycles. The molecule has 5 rings (SSSR count). The van der Waals surface area contributed by atoms with Crippen LogP contribution >= 0.6 is 0 Å². The number of hydrogen-bond acceptors (Lipinski definition) is 9. The van der Waals surface area contributed by atoms with Gasteiger partial charge in [0.25, 0.3) is 0 Å². The number of alkyl halides is 1. The van der Waals surface area contributed by atoms with E-state index in [9.17, 15) is 12.8 Å². The van der Waals surface area contributed by atoms with Gasteiger partial charge < -0.3 is 10.6 Å². The largest absolute Gasteiger partial charge is 0.367 e. The number of fused-ring (bicyclic) bond motifs is 3. The minimum Gasteiger partial charge on any atom is -0.367 e. The number of nitrogens with one attached hydrogen (secondary N) is 4. The van der Waals surface area contributed by atoms with E-state index in [1.54, 1.807) is 6.07 Å². The second kappa shape index (κ2) is 9.52. The molecule has 34 heavy (non-hydrogen) atoms. The van der Waals surface area contributed by atoms with Crippen molar-refractivity contribution in [2.24, 2.45) is 0 Å². The molecule has 5 heterocycles. The van der Waals surface area contributed by atoms with E-state index in [-0.39, 0.29) is 23.8 Å². The maximum Gasteiger partial charge on any atom is 0.177 e. The molecular weight excluding hydrogens is 457 g/mol. The number of aromatic nitrogens is 2. The SMILES string of the molecule is CC1CC(Nc2cc3ncc(S(C)(=O)=O)cc3c(NC3C[C@H]4CC[C@@H](C3)N4CCCF)n2)NN1. The Bertz CT molecular complexity index is 1130. The number of hydrazine groups is 1. The maximum absolute atomic E-state index is 12.7. The molecule has 0 aliphatic carbocycles. The fourth-order valence-corrected chi connectivity index (χ4v) is 6.25. The highest BCUT2D eigenvalue weighted by molar-refractivity contribution is 7.90. The van der Waals surface area contributed by atoms with Crippen molar-refractivity contribution in [3.05, 3.63) is 18.3 Å². The zero-order chi connectivity index (χ0) is 23.9. The summed E-state index contributed by atoms with van der Waals surface area (Å²) >= 11 is 0. The smallest absolute Gasteiger partial charge is 0.177 e. The summed E-state index contributed by atoms with van der Waals surface area (Å²) in [5, 5.41) is 7.75. The lowest BCUT2D eigenvalue weighted by Gasteiger charge is -2.39. The van der Waals surface area contributed by atoms with Crippen LogP contribution in [0.25, 0.3) is 10.9 Å². The summed E-state index contributed by atoms with van der Waals surface area (Å²) in [6, 6.07) is 5.01. The fourth-order valence-electron chi connectivity index (χ4n) is 5.67. The van der Waals surface area contributed by atoms with Crippen molar-refractivity contribution in [2.75, 3.05) is 30.1 Å². The van der Waals surface area contributed by atoms with Crippen LogP contribution in [0.15, 0.2) is 23.2 Å². The third-order valence-electron chi connectivity index (χ3n) is 7.27. The van der Waals surface area contributed by atoms with Crippen molar-refractivity contribution in [3.8, 4) is 0 Å². The Morgan fingerprint density at radius 2 is 1.91 bits per heavy atom. The minimum atomic E-state index is -3.39. The predicted octanol–water partition coefficient (Wildman–Crippen LogP) is 2.42. The fraction of sp³-hybridized carbons (Fsp3) is 0.652. The molecule has 3 aliphatic heterocycles. The molecule has 3 fully saturated rings. The Hall–Kier alpha value is -2.08. The Balaban J connectivity index is 1.43. The molecule has 0 spiro atoms. The summed E-state index contributed by atoms with van der Waals surface area (Å²) in [6.45, 7) is 2.66. The van der Waals surface area contributed by atoms with Gasteiger partial charge in [-0.05, 0) is 51.5 Å². The highest BCUT2D eigenvalue weighted by Gasteiger charge is 2.40. The van der Waals surface area contributed by atoms with Crippen LogP contribution in [0.5, 0.6) is 0 Å². The summed E-state index contributed by atoms with van der Waals surface area (Å²) in [6.07, 6.45) is 8.35. The van der Waals surface area contributed by atoms with Crippen LogP contribution in [0.4, 0.5) is 16.0 Å². The van der Waals surface area contributed by atoms with Crippen molar-refractivity contribution in [1.29, 1.82) is 0 Å². The Kier molecular flexibility index (Phi) is 6.62. The van der Waals surface area contributed by atoms with Gasteiger partial charge in [-0.15, -0.1) is 0 Å². The monoisotopic (exact) mass is 491 g/mol. The van der Waals surface area contributed by atoms with Gasteiger partial charge in [0.05, 0.1) is 23.3 Å². The molecular formula is C23H34FN7O2S. The molecule has 3 unspecified atom stereocenters. The number of hydrogen-bond donors (Lipinski definition) is 4. The Morgan fingerprint density at radius 1 is 1.15 bits per heavy atom. The predicted molar refractivity (Wildman–Crippen MR) is 131 cm³/mol. The molecule has 0 aromatic carbocycles. The summed E-state index contributed by atoms with van der Waals surface area (Å²) in [7, 11) is -3.39. The molecule has 4 N–H and O–H groups in total. The molecule has 2 bridgehead atoms. The molecule has 0 radical (unpaired) electrons. The molecule has 9 nitrogen and oxygen atoms in total. The van der Waals surface area contributed by atoms with Crippen LogP contribution in [0, 0.1) is 0 Å². The Labute approximate surface area is 200 Å². The quantitative estimate of drug-likeness (QED) is 0.442. The van der Waals surface area contributed by atoms with E-state index in [1.807, 2.05) is 6.07 Å². The summed E-state index contributed by atoms with van der Waals surface area (Å²) < 4.78 is 37.1. The molecule has 3 aliphatic rings. The van der Waals surface area contributed by atoms with Gasteiger partial charge in [-0.3, -0.25) is 19.7 Å². The summed E-state index contributed by atoms with van der Waals surface area (Å²) in [5.41, 5.74) is 7.11. The van der Waals surface area contributed by atoms with E-state index < -0.39 is 9.84 Å². The van der Waals surface area contributed by atoms with Crippen LogP contribution in [-0.4, -0.2) is 73.1 Å². The third kappa shape index (κ3) is 4.98. The summed E-state index contributed by atoms with van der Waals surface area (Å²) in [4.78, 5) is 12.0. The molecule has 11 heteroatoms. The first-order valence-electron chi connectivity index (χ1n) is 12.2. The van der Waals surface area contributed by atoms with E-state index in [4.69, 9.17) is 4.98 Å². The van der Waals surface area contributed by atoms with E-state index >= 15 is 0 Å². The minimum absolute atomic E-state index is 0.0395. The molecule has 0 saturated carbocycles. The first-order valence-corrected chi connectivity index (χ1v) is 14.1. The maximum atomic E-state index is 12.7. The van der Waals surface area contributed by atoms with Crippen molar-refractivity contribution in [3.63, 3.8) is 0 Å².